The van der Waals surface area contributed by atoms with Crippen LogP contribution in [0.2, 0.25) is 0 Å². The van der Waals surface area contributed by atoms with Crippen molar-refractivity contribution in [3.63, 3.8) is 0 Å². The van der Waals surface area contributed by atoms with Gasteiger partial charge in [0, 0.05) is 29.7 Å². The number of rotatable bonds is 5. The Bertz CT molecular complexity index is 945. The Kier molecular flexibility index (Phi) is 5.02. The molecule has 3 rings (SSSR count). The molecule has 2 N–H and O–H groups in total. The van der Waals surface area contributed by atoms with E-state index in [0.29, 0.717) is 11.4 Å². The summed E-state index contributed by atoms with van der Waals surface area (Å²) in [7, 11) is 0. The van der Waals surface area contributed by atoms with Crippen molar-refractivity contribution in [3.05, 3.63) is 66.4 Å². The summed E-state index contributed by atoms with van der Waals surface area (Å²) in [5, 5.41) is 0. The first-order valence-electron chi connectivity index (χ1n) is 7.71. The van der Waals surface area contributed by atoms with E-state index in [1.165, 1.54) is 18.5 Å². The number of alkyl halides is 3. The molecule has 27 heavy (non-hydrogen) atoms. The van der Waals surface area contributed by atoms with Gasteiger partial charge in [-0.15, -0.1) is 13.2 Å². The number of aromatic nitrogens is 3. The number of Topliss-reactive ketones (excluding diaryl/α,β-unsaturated/α-hetero) is 1. The van der Waals surface area contributed by atoms with Crippen LogP contribution >= 0.6 is 0 Å². The molecule has 0 bridgehead atoms. The third-order valence-electron chi connectivity index (χ3n) is 3.56. The van der Waals surface area contributed by atoms with Gasteiger partial charge < -0.3 is 10.5 Å². The molecule has 1 aromatic carbocycles. The molecule has 0 radical (unpaired) electrons. The molecule has 0 aliphatic rings. The number of ether oxygens (including phenoxy) is 1. The van der Waals surface area contributed by atoms with E-state index in [0.717, 1.165) is 17.7 Å². The van der Waals surface area contributed by atoms with Gasteiger partial charge in [-0.3, -0.25) is 19.7 Å². The van der Waals surface area contributed by atoms with E-state index in [4.69, 9.17) is 5.73 Å². The van der Waals surface area contributed by atoms with Crippen LogP contribution in [-0.4, -0.2) is 27.1 Å². The lowest BCUT2D eigenvalue weighted by atomic mass is 10.1. The van der Waals surface area contributed by atoms with Crippen LogP contribution in [-0.2, 0) is 6.42 Å². The lowest BCUT2D eigenvalue weighted by molar-refractivity contribution is -0.274. The maximum Gasteiger partial charge on any atom is 0.573 e. The molecule has 0 fully saturated rings. The van der Waals surface area contributed by atoms with Crippen LogP contribution in [0.5, 0.6) is 5.75 Å². The minimum absolute atomic E-state index is 0.0702. The van der Waals surface area contributed by atoms with Crippen molar-refractivity contribution < 1.29 is 22.7 Å². The molecule has 0 saturated carbocycles. The molecule has 2 aromatic heterocycles. The highest BCUT2D eigenvalue weighted by Gasteiger charge is 2.32. The zero-order valence-electron chi connectivity index (χ0n) is 13.8. The summed E-state index contributed by atoms with van der Waals surface area (Å²) in [6.45, 7) is 0. The molecule has 0 aliphatic carbocycles. The van der Waals surface area contributed by atoms with Crippen LogP contribution in [0.4, 0.5) is 18.9 Å². The van der Waals surface area contributed by atoms with Crippen molar-refractivity contribution in [3.8, 4) is 17.0 Å². The van der Waals surface area contributed by atoms with Crippen LogP contribution in [0, 0.1) is 0 Å². The molecule has 0 atom stereocenters. The van der Waals surface area contributed by atoms with Gasteiger partial charge in [0.15, 0.2) is 11.5 Å². The molecule has 0 saturated heterocycles. The van der Waals surface area contributed by atoms with E-state index in [1.54, 1.807) is 18.5 Å². The SMILES string of the molecule is Nc1cc(C(=O)Cc2cnc(-c3cccnc3)cn2)ccc1OC(F)(F)F. The summed E-state index contributed by atoms with van der Waals surface area (Å²) in [4.78, 5) is 24.8. The van der Waals surface area contributed by atoms with Crippen LogP contribution in [0.15, 0.2) is 55.1 Å². The highest BCUT2D eigenvalue weighted by Crippen LogP contribution is 2.29. The van der Waals surface area contributed by atoms with E-state index >= 15 is 0 Å². The highest BCUT2D eigenvalue weighted by molar-refractivity contribution is 5.98. The van der Waals surface area contributed by atoms with Gasteiger partial charge in [0.25, 0.3) is 0 Å². The molecule has 0 amide bonds. The van der Waals surface area contributed by atoms with Crippen molar-refractivity contribution in [2.45, 2.75) is 12.8 Å². The standard InChI is InChI=1S/C18H13F3N4O2/c19-18(20,21)27-17-4-3-11(6-14(17)22)16(26)7-13-9-25-15(10-24-13)12-2-1-5-23-8-12/h1-6,8-10H,7,22H2. The minimum Gasteiger partial charge on any atom is -0.404 e. The molecule has 6 nitrogen and oxygen atoms in total. The van der Waals surface area contributed by atoms with Gasteiger partial charge in [0.1, 0.15) is 0 Å². The Morgan fingerprint density at radius 3 is 2.52 bits per heavy atom. The first kappa shape index (κ1) is 18.3. The first-order chi connectivity index (χ1) is 12.8. The lowest BCUT2D eigenvalue weighted by Gasteiger charge is -2.11. The summed E-state index contributed by atoms with van der Waals surface area (Å²) in [5.74, 6) is -0.914. The predicted molar refractivity (Wildman–Crippen MR) is 90.8 cm³/mol. The summed E-state index contributed by atoms with van der Waals surface area (Å²) in [5.41, 5.74) is 7.22. The number of halogens is 3. The Morgan fingerprint density at radius 2 is 1.93 bits per heavy atom. The summed E-state index contributed by atoms with van der Waals surface area (Å²) >= 11 is 0. The Morgan fingerprint density at radius 1 is 1.11 bits per heavy atom. The van der Waals surface area contributed by atoms with E-state index in [2.05, 4.69) is 19.7 Å². The Labute approximate surface area is 151 Å². The van der Waals surface area contributed by atoms with E-state index in [9.17, 15) is 18.0 Å². The van der Waals surface area contributed by atoms with Gasteiger partial charge in [-0.2, -0.15) is 0 Å². The number of hydrogen-bond acceptors (Lipinski definition) is 6. The molecule has 2 heterocycles. The second-order valence-corrected chi connectivity index (χ2v) is 5.54. The zero-order valence-corrected chi connectivity index (χ0v) is 13.8. The number of nitrogens with two attached hydrogens (primary N) is 1. The molecule has 9 heteroatoms. The number of nitrogen functional groups attached to an aromatic ring is 1. The van der Waals surface area contributed by atoms with Crippen molar-refractivity contribution in [1.82, 2.24) is 15.0 Å². The fraction of sp³-hybridized carbons (Fsp3) is 0.111. The number of ketones is 1. The maximum absolute atomic E-state index is 12.3. The van der Waals surface area contributed by atoms with E-state index in [-0.39, 0.29) is 23.5 Å². The number of anilines is 1. The average molecular weight is 374 g/mol. The van der Waals surface area contributed by atoms with Crippen molar-refractivity contribution in [1.29, 1.82) is 0 Å². The van der Waals surface area contributed by atoms with Gasteiger partial charge in [0.2, 0.25) is 0 Å². The molecule has 0 aliphatic heterocycles. The lowest BCUT2D eigenvalue weighted by Crippen LogP contribution is -2.18. The average Bonchev–Trinajstić information content (AvgIpc) is 2.63. The quantitative estimate of drug-likeness (QED) is 0.543. The van der Waals surface area contributed by atoms with Crippen LogP contribution in [0.25, 0.3) is 11.3 Å². The molecular formula is C18H13F3N4O2. The van der Waals surface area contributed by atoms with Crippen molar-refractivity contribution >= 4 is 11.5 Å². The van der Waals surface area contributed by atoms with Gasteiger partial charge in [0.05, 0.1) is 29.7 Å². The number of benzene rings is 1. The number of carbonyl (C=O) groups is 1. The van der Waals surface area contributed by atoms with E-state index in [1.807, 2.05) is 6.07 Å². The molecule has 3 aromatic rings. The number of pyridine rings is 1. The van der Waals surface area contributed by atoms with Gasteiger partial charge >= 0.3 is 6.36 Å². The number of nitrogens with zero attached hydrogens (tertiary/aromatic N) is 3. The molecule has 138 valence electrons. The van der Waals surface area contributed by atoms with Crippen LogP contribution in [0.1, 0.15) is 16.1 Å². The second kappa shape index (κ2) is 7.40. The summed E-state index contributed by atoms with van der Waals surface area (Å²) in [6.07, 6.45) is 1.34. The smallest absolute Gasteiger partial charge is 0.404 e. The Hall–Kier alpha value is -3.49. The third kappa shape index (κ3) is 4.78. The molecule has 0 spiro atoms. The number of carbonyl (C=O) groups excluding carboxylic acids is 1. The van der Waals surface area contributed by atoms with Crippen LogP contribution < -0.4 is 10.5 Å². The normalized spacial score (nSPS) is 11.2. The topological polar surface area (TPSA) is 91.0 Å². The molecular weight excluding hydrogens is 361 g/mol. The summed E-state index contributed by atoms with van der Waals surface area (Å²) in [6, 6.07) is 6.96. The second-order valence-electron chi connectivity index (χ2n) is 5.54. The minimum atomic E-state index is -4.86. The fourth-order valence-electron chi connectivity index (χ4n) is 2.32. The largest absolute Gasteiger partial charge is 0.573 e. The van der Waals surface area contributed by atoms with E-state index < -0.39 is 12.1 Å². The first-order valence-corrected chi connectivity index (χ1v) is 7.71. The predicted octanol–water partition coefficient (Wildman–Crippen LogP) is 3.44. The van der Waals surface area contributed by atoms with Gasteiger partial charge in [-0.1, -0.05) is 0 Å². The molecule has 0 unspecified atom stereocenters. The van der Waals surface area contributed by atoms with Crippen LogP contribution in [0.3, 0.4) is 0 Å². The maximum atomic E-state index is 12.3. The number of hydrogen-bond donors (Lipinski definition) is 1. The fourth-order valence-corrected chi connectivity index (χ4v) is 2.32. The third-order valence-corrected chi connectivity index (χ3v) is 3.56. The van der Waals surface area contributed by atoms with Crippen molar-refractivity contribution in [2.75, 3.05) is 5.73 Å². The van der Waals surface area contributed by atoms with Gasteiger partial charge in [-0.05, 0) is 30.3 Å². The van der Waals surface area contributed by atoms with Crippen molar-refractivity contribution in [2.24, 2.45) is 0 Å². The summed E-state index contributed by atoms with van der Waals surface area (Å²) < 4.78 is 40.6. The monoisotopic (exact) mass is 374 g/mol. The zero-order chi connectivity index (χ0) is 19.4. The van der Waals surface area contributed by atoms with Gasteiger partial charge in [-0.25, -0.2) is 0 Å². The Balaban J connectivity index is 1.71. The highest BCUT2D eigenvalue weighted by atomic mass is 19.4.